The molecule has 0 radical (unpaired) electrons. The molecule has 8 N–H and O–H groups in total. The van der Waals surface area contributed by atoms with Crippen LogP contribution in [-0.2, 0) is 182 Å². The highest BCUT2D eigenvalue weighted by atomic mass is 32.3. The minimum Gasteiger partial charge on any atom is -0.479 e. The summed E-state index contributed by atoms with van der Waals surface area (Å²) < 4.78 is 334. The summed E-state index contributed by atoms with van der Waals surface area (Å²) in [6.45, 7) is -3.95. The molecule has 0 aromatic rings. The fraction of sp³-hybridized carbons (Fsp3) is 0.949. The lowest BCUT2D eigenvalue weighted by Gasteiger charge is -2.51. The van der Waals surface area contributed by atoms with Crippen molar-refractivity contribution in [2.75, 3.05) is 83.8 Å². The number of rotatable bonds is 34. The average molecular weight is 1460 g/mol. The van der Waals surface area contributed by atoms with E-state index in [9.17, 15) is 97.6 Å². The van der Waals surface area contributed by atoms with Gasteiger partial charge in [-0.1, -0.05) is 0 Å². The van der Waals surface area contributed by atoms with Gasteiger partial charge >= 0.3 is 74.3 Å². The van der Waals surface area contributed by atoms with Gasteiger partial charge in [0, 0.05) is 64.0 Å². The van der Waals surface area contributed by atoms with Gasteiger partial charge in [0.05, 0.1) is 19.8 Å². The Morgan fingerprint density at radius 1 is 0.286 bits per heavy atom. The van der Waals surface area contributed by atoms with Gasteiger partial charge in [-0.25, -0.2) is 34.7 Å². The van der Waals surface area contributed by atoms with E-state index in [0.717, 1.165) is 64.0 Å². The molecule has 5 heterocycles. The Labute approximate surface area is 517 Å². The van der Waals surface area contributed by atoms with Crippen LogP contribution in [0.4, 0.5) is 0 Å². The third kappa shape index (κ3) is 21.5. The average Bonchev–Trinajstić information content (AvgIpc) is 0.769. The molecule has 5 rings (SSSR count). The molecule has 0 saturated carbocycles. The third-order valence-corrected chi connectivity index (χ3v) is 16.4. The Kier molecular flexibility index (Phi) is 28.4. The number of carboxylic acid groups (broad SMARTS) is 2. The van der Waals surface area contributed by atoms with E-state index >= 15 is 0 Å². The number of methoxy groups -OCH3 is 9. The van der Waals surface area contributed by atoms with Crippen LogP contribution >= 0.6 is 0 Å². The molecule has 0 unspecified atom stereocenters. The number of hydrogen-bond donors (Lipinski definition) is 8. The van der Waals surface area contributed by atoms with Gasteiger partial charge in [-0.3, -0.25) is 27.3 Å². The van der Waals surface area contributed by atoms with Crippen molar-refractivity contribution < 1.29 is 208 Å². The summed E-state index contributed by atoms with van der Waals surface area (Å²) in [6.07, 6.45) is -54.2. The van der Waals surface area contributed by atoms with Gasteiger partial charge in [0.2, 0.25) is 0 Å². The van der Waals surface area contributed by atoms with Crippen LogP contribution in [-0.4, -0.2) is 337 Å². The molecular weight excluding hydrogens is 1400 g/mol. The number of carboxylic acids is 2. The van der Waals surface area contributed by atoms with Crippen LogP contribution in [0.5, 0.6) is 0 Å². The van der Waals surface area contributed by atoms with Crippen molar-refractivity contribution in [2.24, 2.45) is 0 Å². The first-order valence-electron chi connectivity index (χ1n) is 25.0. The molecule has 52 heteroatoms. The second-order valence-corrected chi connectivity index (χ2v) is 25.4. The minimum atomic E-state index is -6.14. The fourth-order valence-corrected chi connectivity index (χ4v) is 12.6. The van der Waals surface area contributed by atoms with E-state index in [1.165, 1.54) is 0 Å². The summed E-state index contributed by atoms with van der Waals surface area (Å²) in [5, 5.41) is 21.4. The Morgan fingerprint density at radius 3 is 0.824 bits per heavy atom. The topological polar surface area (TPSA) is 622 Å². The van der Waals surface area contributed by atoms with Gasteiger partial charge in [-0.05, 0) is 0 Å². The third-order valence-electron chi connectivity index (χ3n) is 13.7. The summed E-state index contributed by atoms with van der Waals surface area (Å²) in [6, 6.07) is 0. The molecule has 0 aromatic heterocycles. The van der Waals surface area contributed by atoms with Crippen molar-refractivity contribution in [3.8, 4) is 0 Å². The summed E-state index contributed by atoms with van der Waals surface area (Å²) in [5.74, 6) is -4.11. The van der Waals surface area contributed by atoms with Gasteiger partial charge < -0.3 is 95.5 Å². The van der Waals surface area contributed by atoms with Crippen LogP contribution in [0.2, 0.25) is 0 Å². The van der Waals surface area contributed by atoms with Crippen LogP contribution < -0.4 is 0 Å². The second-order valence-electron chi connectivity index (χ2n) is 19.0. The molecule has 0 aromatic carbocycles. The molecule has 0 bridgehead atoms. The van der Waals surface area contributed by atoms with Gasteiger partial charge in [-0.2, -0.15) is 50.5 Å². The molecule has 46 nitrogen and oxygen atoms in total. The molecule has 5 saturated heterocycles. The maximum Gasteiger partial charge on any atom is 0.397 e. The van der Waals surface area contributed by atoms with Crippen LogP contribution in [0, 0.1) is 0 Å². The zero-order valence-corrected chi connectivity index (χ0v) is 53.0. The second kappa shape index (κ2) is 32.7. The Bertz CT molecular complexity index is 3080. The quantitative estimate of drug-likeness (QED) is 0.0278. The summed E-state index contributed by atoms with van der Waals surface area (Å²) in [5.41, 5.74) is 0. The SMILES string of the molecule is CO[C@H]1O[C@H](COS(=O)(=O)O)[C@@H](O[C@@H]2O[C@@H](C(=O)O)[C@@H](O[C@H]3O[C@H](COS(=O)(=O)O)[C@@H](O[C@@H]4O[C@H](C(=O)O)[C@@H](O[C@H]5O[C@H](COS(=O)(=O)O)[C@@H](OC)[C@H](OC)[C@H]5OC)[C@H](OC)[C@H]4OC)[C@H](OS(=O)(=O)O)[C@H]3OS(=O)(=O)O)[C@H](OC)[C@H]2OC)[C@H](OC)[C@H]1OS(=O)(=O)O. The molecule has 25 atom stereocenters. The maximum absolute atomic E-state index is 13.3. The predicted molar refractivity (Wildman–Crippen MR) is 273 cm³/mol. The van der Waals surface area contributed by atoms with E-state index in [-0.39, 0.29) is 0 Å². The van der Waals surface area contributed by atoms with Crippen LogP contribution in [0.3, 0.4) is 0 Å². The molecule has 5 aliphatic rings. The Hall–Kier alpha value is -2.56. The number of aliphatic carboxylic acids is 2. The van der Waals surface area contributed by atoms with Crippen molar-refractivity contribution in [3.63, 3.8) is 0 Å². The van der Waals surface area contributed by atoms with Gasteiger partial charge in [-0.15, -0.1) is 0 Å². The summed E-state index contributed by atoms with van der Waals surface area (Å²) in [4.78, 5) is 26.5. The first-order valence-corrected chi connectivity index (χ1v) is 33.2. The van der Waals surface area contributed by atoms with E-state index in [4.69, 9.17) is 93.6 Å². The number of ether oxygens (including phenoxy) is 18. The standard InChI is InChI=1S/C39H66O46S6/c1-62-16-13(10-71-86(44,45)46)75-36(28(67-6)19(16)63-2)79-23-21(65-4)30(69-8)38(82-26(23)33(40)41)78-18-15(12-73-88(50,51)52)76-39(32(85-91(59,60)61)25(18)83-89(53,54)55)80-24-22(66-5)29(68-7)37(81-27(24)34(42)43)77-17-14(11-72-87(47,48)49)74-35(70-9)31(20(17)64-3)84-90(56,57)58/h13-32,35-39H,10-12H2,1-9H3,(H,40,41)(H,42,43)(H,44,45,46)(H,47,48,49)(H,50,51,52)(H,53,54,55)(H,56,57,58)(H,59,60,61)/t13-,14-,15-,16-,17-,18-,19+,20+,21+,22+,23+,24+,25+,26+,27-,28-,29-,30-,31-,32-,35+,36-,37-,38-,39-/m1/s1. The molecule has 0 spiro atoms. The van der Waals surface area contributed by atoms with Crippen LogP contribution in [0.25, 0.3) is 0 Å². The van der Waals surface area contributed by atoms with Crippen LogP contribution in [0.15, 0.2) is 0 Å². The highest BCUT2D eigenvalue weighted by molar-refractivity contribution is 7.82. The van der Waals surface area contributed by atoms with E-state index in [1.807, 2.05) is 0 Å². The fourth-order valence-electron chi connectivity index (χ4n) is 10.2. The number of carbonyl (C=O) groups is 2. The lowest BCUT2D eigenvalue weighted by atomic mass is 9.94. The van der Waals surface area contributed by atoms with E-state index in [2.05, 4.69) is 16.7 Å². The maximum atomic E-state index is 13.3. The molecule has 5 aliphatic heterocycles. The largest absolute Gasteiger partial charge is 0.479 e. The molecule has 0 amide bonds. The molecule has 5 fully saturated rings. The van der Waals surface area contributed by atoms with Gasteiger partial charge in [0.25, 0.3) is 0 Å². The monoisotopic (exact) mass is 1460 g/mol. The molecule has 0 aliphatic carbocycles. The zero-order valence-electron chi connectivity index (χ0n) is 48.1. The van der Waals surface area contributed by atoms with Crippen molar-refractivity contribution in [2.45, 2.75) is 154 Å². The molecule has 91 heavy (non-hydrogen) atoms. The lowest BCUT2D eigenvalue weighted by Crippen LogP contribution is -2.70. The van der Waals surface area contributed by atoms with Crippen LogP contribution in [0.1, 0.15) is 0 Å². The van der Waals surface area contributed by atoms with E-state index in [1.54, 1.807) is 0 Å². The first-order chi connectivity index (χ1) is 42.1. The van der Waals surface area contributed by atoms with E-state index < -0.39 is 248 Å². The summed E-state index contributed by atoms with van der Waals surface area (Å²) >= 11 is 0. The predicted octanol–water partition coefficient (Wildman–Crippen LogP) is -6.89. The Morgan fingerprint density at radius 2 is 0.527 bits per heavy atom. The Balaban J connectivity index is 1.61. The highest BCUT2D eigenvalue weighted by Gasteiger charge is 2.62. The van der Waals surface area contributed by atoms with E-state index in [0.29, 0.717) is 0 Å². The highest BCUT2D eigenvalue weighted by Crippen LogP contribution is 2.41. The summed E-state index contributed by atoms with van der Waals surface area (Å²) in [7, 11) is -25.3. The van der Waals surface area contributed by atoms with Crippen molar-refractivity contribution in [1.29, 1.82) is 0 Å². The van der Waals surface area contributed by atoms with Crippen molar-refractivity contribution >= 4 is 74.3 Å². The smallest absolute Gasteiger partial charge is 0.397 e. The van der Waals surface area contributed by atoms with Gasteiger partial charge in [0.1, 0.15) is 97.7 Å². The lowest BCUT2D eigenvalue weighted by molar-refractivity contribution is -0.388. The number of hydrogen-bond acceptors (Lipinski definition) is 38. The van der Waals surface area contributed by atoms with Gasteiger partial charge in [0.15, 0.2) is 55.9 Å². The normalized spacial score (nSPS) is 38.3. The molecular formula is C39H66O46S6. The first kappa shape index (κ1) is 79.1. The minimum absolute atomic E-state index is 0.816. The van der Waals surface area contributed by atoms with Crippen molar-refractivity contribution in [1.82, 2.24) is 0 Å². The zero-order chi connectivity index (χ0) is 68.7. The molecule has 534 valence electrons. The van der Waals surface area contributed by atoms with Crippen molar-refractivity contribution in [3.05, 3.63) is 0 Å².